The highest BCUT2D eigenvalue weighted by molar-refractivity contribution is 6.44. The summed E-state index contributed by atoms with van der Waals surface area (Å²) < 4.78 is 0. The third kappa shape index (κ3) is 3.12. The summed E-state index contributed by atoms with van der Waals surface area (Å²) in [4.78, 5) is 0.353. The Kier molecular flexibility index (Phi) is 4.53. The molecule has 0 saturated carbocycles. The summed E-state index contributed by atoms with van der Waals surface area (Å²) in [5.41, 5.74) is 0.380. The molecular weight excluding hydrogens is 330 g/mol. The highest BCUT2D eigenvalue weighted by Gasteiger charge is 2.14. The molecule has 2 aromatic rings. The zero-order valence-corrected chi connectivity index (χ0v) is 12.3. The number of halogens is 4. The van der Waals surface area contributed by atoms with Crippen LogP contribution in [0, 0.1) is 5.21 Å². The van der Waals surface area contributed by atoms with Crippen molar-refractivity contribution in [2.45, 2.75) is 0 Å². The van der Waals surface area contributed by atoms with Crippen LogP contribution in [-0.4, -0.2) is 4.86 Å². The van der Waals surface area contributed by atoms with E-state index < -0.39 is 0 Å². The van der Waals surface area contributed by atoms with Crippen LogP contribution in [0.2, 0.25) is 20.1 Å². The first-order valence-electron chi connectivity index (χ1n) is 5.07. The third-order valence-corrected chi connectivity index (χ3v) is 3.88. The molecule has 0 spiro atoms. The maximum atomic E-state index is 12.0. The van der Waals surface area contributed by atoms with Crippen molar-refractivity contribution in [2.24, 2.45) is 5.11 Å². The zero-order chi connectivity index (χ0) is 14.0. The van der Waals surface area contributed by atoms with Gasteiger partial charge in [0.1, 0.15) is 5.02 Å². The lowest BCUT2D eigenvalue weighted by molar-refractivity contribution is -0.435. The number of azo groups is 1. The van der Waals surface area contributed by atoms with Gasteiger partial charge in [0.05, 0.1) is 15.1 Å². The van der Waals surface area contributed by atoms with Crippen LogP contribution in [0.3, 0.4) is 0 Å². The fraction of sp³-hybridized carbons (Fsp3) is 0. The van der Waals surface area contributed by atoms with Crippen molar-refractivity contribution in [1.29, 1.82) is 0 Å². The number of rotatable bonds is 2. The molecule has 2 rings (SSSR count). The average Bonchev–Trinajstić information content (AvgIpc) is 2.38. The van der Waals surface area contributed by atoms with Gasteiger partial charge in [-0.1, -0.05) is 58.5 Å². The Hall–Kier alpha value is -1.000. The SMILES string of the molecule is [O-][N+](=Nc1cccc(Cl)c1Cl)c1cccc(Cl)c1Cl. The maximum absolute atomic E-state index is 12.0. The van der Waals surface area contributed by atoms with Gasteiger partial charge in [0.15, 0.2) is 5.69 Å². The first-order chi connectivity index (χ1) is 9.00. The summed E-state index contributed by atoms with van der Waals surface area (Å²) in [5, 5.41) is 16.7. The molecular formula is C12H6Cl4N2O. The fourth-order valence-electron chi connectivity index (χ4n) is 1.36. The maximum Gasteiger partial charge on any atom is 0.264 e. The molecule has 7 heteroatoms. The minimum Gasteiger partial charge on any atom is -0.594 e. The van der Waals surface area contributed by atoms with Crippen LogP contribution in [0.4, 0.5) is 11.4 Å². The van der Waals surface area contributed by atoms with Crippen molar-refractivity contribution < 1.29 is 4.86 Å². The number of nitrogens with zero attached hydrogens (tertiary/aromatic N) is 2. The van der Waals surface area contributed by atoms with Gasteiger partial charge >= 0.3 is 0 Å². The topological polar surface area (TPSA) is 38.4 Å². The summed E-state index contributed by atoms with van der Waals surface area (Å²) in [6.07, 6.45) is 0. The van der Waals surface area contributed by atoms with Gasteiger partial charge in [-0.15, -0.1) is 0 Å². The van der Waals surface area contributed by atoms with E-state index in [1.165, 1.54) is 6.07 Å². The molecule has 0 atom stereocenters. The van der Waals surface area contributed by atoms with Gasteiger partial charge in [-0.2, -0.15) is 0 Å². The largest absolute Gasteiger partial charge is 0.594 e. The lowest BCUT2D eigenvalue weighted by atomic mass is 10.3. The van der Waals surface area contributed by atoms with Crippen LogP contribution < -0.4 is 0 Å². The quantitative estimate of drug-likeness (QED) is 0.364. The van der Waals surface area contributed by atoms with E-state index in [0.717, 1.165) is 0 Å². The molecule has 3 nitrogen and oxygen atoms in total. The van der Waals surface area contributed by atoms with Crippen molar-refractivity contribution in [3.05, 3.63) is 61.7 Å². The lowest BCUT2D eigenvalue weighted by Gasteiger charge is -2.04. The molecule has 0 aliphatic rings. The van der Waals surface area contributed by atoms with Gasteiger partial charge in [0.25, 0.3) is 5.69 Å². The second-order valence-electron chi connectivity index (χ2n) is 3.52. The molecule has 2 aromatic carbocycles. The van der Waals surface area contributed by atoms with E-state index in [-0.39, 0.29) is 26.4 Å². The van der Waals surface area contributed by atoms with E-state index >= 15 is 0 Å². The minimum absolute atomic E-state index is 0.126. The van der Waals surface area contributed by atoms with Crippen LogP contribution in [0.1, 0.15) is 0 Å². The van der Waals surface area contributed by atoms with Crippen molar-refractivity contribution in [3.63, 3.8) is 0 Å². The lowest BCUT2D eigenvalue weighted by Crippen LogP contribution is -1.92. The smallest absolute Gasteiger partial charge is 0.264 e. The molecule has 0 bridgehead atoms. The molecule has 0 radical (unpaired) electrons. The van der Waals surface area contributed by atoms with Crippen LogP contribution >= 0.6 is 46.4 Å². The molecule has 19 heavy (non-hydrogen) atoms. The Bertz CT molecular complexity index is 658. The van der Waals surface area contributed by atoms with Crippen LogP contribution in [-0.2, 0) is 0 Å². The predicted octanol–water partition coefficient (Wildman–Crippen LogP) is 6.23. The van der Waals surface area contributed by atoms with Gasteiger partial charge in [0.2, 0.25) is 0 Å². The Balaban J connectivity index is 2.49. The predicted molar refractivity (Wildman–Crippen MR) is 78.3 cm³/mol. The van der Waals surface area contributed by atoms with E-state index in [1.807, 2.05) is 0 Å². The van der Waals surface area contributed by atoms with E-state index in [2.05, 4.69) is 5.11 Å². The highest BCUT2D eigenvalue weighted by atomic mass is 35.5. The third-order valence-electron chi connectivity index (χ3n) is 2.27. The van der Waals surface area contributed by atoms with Crippen molar-refractivity contribution >= 4 is 57.8 Å². The molecule has 0 N–H and O–H groups in total. The number of benzene rings is 2. The van der Waals surface area contributed by atoms with Crippen molar-refractivity contribution in [1.82, 2.24) is 0 Å². The Labute approximate surface area is 129 Å². The van der Waals surface area contributed by atoms with Gasteiger partial charge in [-0.3, -0.25) is 0 Å². The molecule has 0 aliphatic carbocycles. The first-order valence-corrected chi connectivity index (χ1v) is 6.59. The average molecular weight is 336 g/mol. The highest BCUT2D eigenvalue weighted by Crippen LogP contribution is 2.35. The number of hydrogen-bond acceptors (Lipinski definition) is 2. The van der Waals surface area contributed by atoms with Gasteiger partial charge in [0, 0.05) is 11.2 Å². The van der Waals surface area contributed by atoms with Gasteiger partial charge in [-0.25, -0.2) is 0 Å². The summed E-state index contributed by atoms with van der Waals surface area (Å²) in [5.74, 6) is 0. The van der Waals surface area contributed by atoms with E-state index in [0.29, 0.717) is 9.88 Å². The Morgan fingerprint density at radius 1 is 0.842 bits per heavy atom. The molecule has 0 heterocycles. The number of hydrogen-bond donors (Lipinski definition) is 0. The second-order valence-corrected chi connectivity index (χ2v) is 5.09. The Morgan fingerprint density at radius 2 is 1.42 bits per heavy atom. The minimum atomic E-state index is 0.126. The monoisotopic (exact) mass is 334 g/mol. The van der Waals surface area contributed by atoms with Crippen LogP contribution in [0.25, 0.3) is 0 Å². The summed E-state index contributed by atoms with van der Waals surface area (Å²) >= 11 is 23.5. The van der Waals surface area contributed by atoms with Crippen LogP contribution in [0.5, 0.6) is 0 Å². The molecule has 0 amide bonds. The standard InChI is InChI=1S/C12H6Cl4N2O/c13-7-3-1-5-9(11(7)15)17-18(19)10-6-2-4-8(14)12(10)16/h1-6H. The summed E-state index contributed by atoms with van der Waals surface area (Å²) in [6.45, 7) is 0. The normalized spacial score (nSPS) is 11.7. The van der Waals surface area contributed by atoms with Crippen LogP contribution in [0.15, 0.2) is 41.5 Å². The second kappa shape index (κ2) is 5.97. The first kappa shape index (κ1) is 14.4. The Morgan fingerprint density at radius 3 is 2.11 bits per heavy atom. The molecule has 98 valence electrons. The van der Waals surface area contributed by atoms with Gasteiger partial charge < -0.3 is 5.21 Å². The summed E-state index contributed by atoms with van der Waals surface area (Å²) in [7, 11) is 0. The fourth-order valence-corrected chi connectivity index (χ4v) is 2.06. The molecule has 0 saturated heterocycles. The van der Waals surface area contributed by atoms with Crippen molar-refractivity contribution in [3.8, 4) is 0 Å². The zero-order valence-electron chi connectivity index (χ0n) is 9.28. The molecule has 0 fully saturated rings. The van der Waals surface area contributed by atoms with Gasteiger partial charge in [-0.05, 0) is 23.1 Å². The van der Waals surface area contributed by atoms with E-state index in [4.69, 9.17) is 46.4 Å². The van der Waals surface area contributed by atoms with E-state index in [9.17, 15) is 5.21 Å². The van der Waals surface area contributed by atoms with E-state index in [1.54, 1.807) is 30.3 Å². The summed E-state index contributed by atoms with van der Waals surface area (Å²) in [6, 6.07) is 9.49. The molecule has 0 unspecified atom stereocenters. The molecule has 0 aliphatic heterocycles. The van der Waals surface area contributed by atoms with Crippen molar-refractivity contribution in [2.75, 3.05) is 0 Å². The molecule has 0 aromatic heterocycles.